The highest BCUT2D eigenvalue weighted by Crippen LogP contribution is 2.30. The summed E-state index contributed by atoms with van der Waals surface area (Å²) in [5.41, 5.74) is 1.81. The van der Waals surface area contributed by atoms with Crippen molar-refractivity contribution in [1.29, 1.82) is 0 Å². The van der Waals surface area contributed by atoms with Gasteiger partial charge in [0.25, 0.3) is 0 Å². The Morgan fingerprint density at radius 3 is 2.81 bits per heavy atom. The molecule has 142 valence electrons. The fourth-order valence-corrected chi connectivity index (χ4v) is 4.09. The fraction of sp³-hybridized carbons (Fsp3) is 0.381. The molecular weight excluding hydrogens is 367 g/mol. The van der Waals surface area contributed by atoms with Crippen LogP contribution in [0.3, 0.4) is 0 Å². The van der Waals surface area contributed by atoms with Crippen molar-refractivity contribution in [1.82, 2.24) is 10.2 Å². The average Bonchev–Trinajstić information content (AvgIpc) is 3.03. The Morgan fingerprint density at radius 1 is 1.22 bits per heavy atom. The second-order valence-electron chi connectivity index (χ2n) is 7.29. The Bertz CT molecular complexity index is 814. The summed E-state index contributed by atoms with van der Waals surface area (Å²) in [6.07, 6.45) is 1.10. The van der Waals surface area contributed by atoms with Gasteiger partial charge in [0.05, 0.1) is 19.1 Å². The Morgan fingerprint density at radius 2 is 2.04 bits per heavy atom. The van der Waals surface area contributed by atoms with Crippen LogP contribution in [0.25, 0.3) is 0 Å². The zero-order chi connectivity index (χ0) is 18.8. The number of ether oxygens (including phenoxy) is 1. The largest absolute Gasteiger partial charge is 0.371 e. The maximum Gasteiger partial charge on any atom is 0.224 e. The highest BCUT2D eigenvalue weighted by Gasteiger charge is 2.38. The van der Waals surface area contributed by atoms with E-state index < -0.39 is 0 Å². The summed E-state index contributed by atoms with van der Waals surface area (Å²) < 4.78 is 19.3. The van der Waals surface area contributed by atoms with Gasteiger partial charge in [-0.3, -0.25) is 9.69 Å². The molecule has 0 unspecified atom stereocenters. The van der Waals surface area contributed by atoms with Crippen molar-refractivity contribution in [2.75, 3.05) is 19.7 Å². The van der Waals surface area contributed by atoms with Gasteiger partial charge in [-0.2, -0.15) is 0 Å². The quantitative estimate of drug-likeness (QED) is 0.873. The third-order valence-electron chi connectivity index (χ3n) is 5.28. The third kappa shape index (κ3) is 4.49. The Balaban J connectivity index is 1.31. The van der Waals surface area contributed by atoms with Crippen LogP contribution in [0.5, 0.6) is 0 Å². The summed E-state index contributed by atoms with van der Waals surface area (Å²) in [6.45, 7) is 2.28. The number of halogens is 2. The molecule has 4 nitrogen and oxygen atoms in total. The van der Waals surface area contributed by atoms with Gasteiger partial charge in [-0.1, -0.05) is 35.9 Å². The summed E-state index contributed by atoms with van der Waals surface area (Å²) in [6, 6.07) is 14.4. The first-order chi connectivity index (χ1) is 13.1. The van der Waals surface area contributed by atoms with E-state index in [2.05, 4.69) is 10.2 Å². The molecular formula is C21H22ClFN2O2. The number of benzene rings is 2. The molecule has 4 rings (SSSR count). The SMILES string of the molecule is O=C(Cc1cccc(F)c1)N[C@@H]1C[C@H]2CO[C@@H](c3ccc(Cl)cc3)CN2C1. The smallest absolute Gasteiger partial charge is 0.224 e. The number of fused-ring (bicyclic) bond motifs is 1. The van der Waals surface area contributed by atoms with E-state index in [-0.39, 0.29) is 30.3 Å². The molecule has 27 heavy (non-hydrogen) atoms. The van der Waals surface area contributed by atoms with Crippen LogP contribution in [0, 0.1) is 5.82 Å². The van der Waals surface area contributed by atoms with Crippen LogP contribution < -0.4 is 5.32 Å². The van der Waals surface area contributed by atoms with E-state index in [0.717, 1.165) is 30.1 Å². The van der Waals surface area contributed by atoms with Crippen LogP contribution in [-0.2, 0) is 16.0 Å². The fourth-order valence-electron chi connectivity index (χ4n) is 3.97. The number of hydrogen-bond donors (Lipinski definition) is 1. The Hall–Kier alpha value is -1.95. The summed E-state index contributed by atoms with van der Waals surface area (Å²) >= 11 is 5.96. The molecule has 0 radical (unpaired) electrons. The second-order valence-corrected chi connectivity index (χ2v) is 7.72. The van der Waals surface area contributed by atoms with E-state index in [9.17, 15) is 9.18 Å². The van der Waals surface area contributed by atoms with Crippen molar-refractivity contribution in [3.05, 3.63) is 70.5 Å². The van der Waals surface area contributed by atoms with Crippen molar-refractivity contribution >= 4 is 17.5 Å². The minimum atomic E-state index is -0.316. The van der Waals surface area contributed by atoms with Crippen molar-refractivity contribution in [2.45, 2.75) is 31.0 Å². The number of amides is 1. The molecule has 0 aromatic heterocycles. The molecule has 6 heteroatoms. The van der Waals surface area contributed by atoms with E-state index in [4.69, 9.17) is 16.3 Å². The maximum atomic E-state index is 13.3. The zero-order valence-corrected chi connectivity index (χ0v) is 15.7. The van der Waals surface area contributed by atoms with Crippen LogP contribution in [0.4, 0.5) is 4.39 Å². The maximum absolute atomic E-state index is 13.3. The van der Waals surface area contributed by atoms with Crippen LogP contribution >= 0.6 is 11.6 Å². The second kappa shape index (κ2) is 7.97. The number of morpholine rings is 1. The van der Waals surface area contributed by atoms with Gasteiger partial charge in [-0.25, -0.2) is 4.39 Å². The number of carbonyl (C=O) groups is 1. The van der Waals surface area contributed by atoms with E-state index in [1.54, 1.807) is 12.1 Å². The molecule has 2 aromatic rings. The lowest BCUT2D eigenvalue weighted by atomic mass is 10.1. The van der Waals surface area contributed by atoms with Gasteiger partial charge in [0.2, 0.25) is 5.91 Å². The van der Waals surface area contributed by atoms with Crippen molar-refractivity contribution in [3.8, 4) is 0 Å². The van der Waals surface area contributed by atoms with Gasteiger partial charge in [-0.15, -0.1) is 0 Å². The zero-order valence-electron chi connectivity index (χ0n) is 14.9. The van der Waals surface area contributed by atoms with Gasteiger partial charge < -0.3 is 10.1 Å². The number of rotatable bonds is 4. The van der Waals surface area contributed by atoms with E-state index in [0.29, 0.717) is 18.2 Å². The van der Waals surface area contributed by atoms with Crippen LogP contribution in [0.2, 0.25) is 5.02 Å². The summed E-state index contributed by atoms with van der Waals surface area (Å²) in [4.78, 5) is 14.7. The van der Waals surface area contributed by atoms with E-state index >= 15 is 0 Å². The minimum absolute atomic E-state index is 0.0280. The number of hydrogen-bond acceptors (Lipinski definition) is 3. The predicted molar refractivity (Wildman–Crippen MR) is 102 cm³/mol. The first kappa shape index (κ1) is 18.4. The van der Waals surface area contributed by atoms with Gasteiger partial charge in [0, 0.05) is 30.2 Å². The molecule has 2 aliphatic heterocycles. The number of nitrogens with zero attached hydrogens (tertiary/aromatic N) is 1. The molecule has 2 aliphatic rings. The third-order valence-corrected chi connectivity index (χ3v) is 5.53. The van der Waals surface area contributed by atoms with E-state index in [1.165, 1.54) is 12.1 Å². The molecule has 2 fully saturated rings. The molecule has 0 spiro atoms. The van der Waals surface area contributed by atoms with Crippen LogP contribution in [-0.4, -0.2) is 42.6 Å². The summed E-state index contributed by atoms with van der Waals surface area (Å²) in [5, 5.41) is 3.81. The molecule has 0 bridgehead atoms. The Labute approximate surface area is 163 Å². The average molecular weight is 389 g/mol. The molecule has 2 aromatic carbocycles. The van der Waals surface area contributed by atoms with Crippen LogP contribution in [0.1, 0.15) is 23.7 Å². The summed E-state index contributed by atoms with van der Waals surface area (Å²) in [7, 11) is 0. The van der Waals surface area contributed by atoms with Gasteiger partial charge in [0.15, 0.2) is 0 Å². The molecule has 1 N–H and O–H groups in total. The highest BCUT2D eigenvalue weighted by molar-refractivity contribution is 6.30. The van der Waals surface area contributed by atoms with Crippen molar-refractivity contribution in [3.63, 3.8) is 0 Å². The molecule has 1 amide bonds. The molecule has 2 heterocycles. The summed E-state index contributed by atoms with van der Waals surface area (Å²) in [5.74, 6) is -0.385. The molecule has 0 aliphatic carbocycles. The standard InChI is InChI=1S/C21H22ClFN2O2/c22-16-6-4-15(5-7-16)20-12-25-11-18(10-19(25)13-27-20)24-21(26)9-14-2-1-3-17(23)8-14/h1-8,18-20H,9-13H2,(H,24,26)/t18-,19+,20-/m1/s1. The normalized spacial score (nSPS) is 25.2. The lowest BCUT2D eigenvalue weighted by Crippen LogP contribution is -2.43. The van der Waals surface area contributed by atoms with E-state index in [1.807, 2.05) is 24.3 Å². The number of carbonyl (C=O) groups excluding carboxylic acids is 1. The van der Waals surface area contributed by atoms with Crippen molar-refractivity contribution in [2.24, 2.45) is 0 Å². The lowest BCUT2D eigenvalue weighted by molar-refractivity contribution is -0.121. The number of nitrogens with one attached hydrogen (secondary N) is 1. The van der Waals surface area contributed by atoms with Gasteiger partial charge >= 0.3 is 0 Å². The first-order valence-corrected chi connectivity index (χ1v) is 9.59. The first-order valence-electron chi connectivity index (χ1n) is 9.22. The molecule has 2 saturated heterocycles. The van der Waals surface area contributed by atoms with Gasteiger partial charge in [0.1, 0.15) is 5.82 Å². The predicted octanol–water partition coefficient (Wildman–Crippen LogP) is 3.35. The molecule has 0 saturated carbocycles. The highest BCUT2D eigenvalue weighted by atomic mass is 35.5. The topological polar surface area (TPSA) is 41.6 Å². The van der Waals surface area contributed by atoms with Crippen LogP contribution in [0.15, 0.2) is 48.5 Å². The molecule has 3 atom stereocenters. The van der Waals surface area contributed by atoms with Crippen molar-refractivity contribution < 1.29 is 13.9 Å². The monoisotopic (exact) mass is 388 g/mol. The lowest BCUT2D eigenvalue weighted by Gasteiger charge is -2.35. The van der Waals surface area contributed by atoms with Gasteiger partial charge in [-0.05, 0) is 41.8 Å². The minimum Gasteiger partial charge on any atom is -0.371 e. The Kier molecular flexibility index (Phi) is 5.43.